The summed E-state index contributed by atoms with van der Waals surface area (Å²) in [5.41, 5.74) is 3.64. The van der Waals surface area contributed by atoms with Crippen molar-refractivity contribution in [3.8, 4) is 5.75 Å². The van der Waals surface area contributed by atoms with E-state index in [0.29, 0.717) is 21.9 Å². The van der Waals surface area contributed by atoms with E-state index < -0.39 is 5.92 Å². The van der Waals surface area contributed by atoms with Crippen LogP contribution in [0.15, 0.2) is 66.7 Å². The van der Waals surface area contributed by atoms with Crippen LogP contribution in [-0.2, 0) is 4.79 Å². The summed E-state index contributed by atoms with van der Waals surface area (Å²) >= 11 is 6.25. The third-order valence-corrected chi connectivity index (χ3v) is 5.57. The molecule has 0 N–H and O–H groups in total. The second-order valence-electron chi connectivity index (χ2n) is 7.76. The number of hydrogen-bond acceptors (Lipinski definition) is 3. The van der Waals surface area contributed by atoms with Crippen LogP contribution in [0.5, 0.6) is 5.75 Å². The minimum absolute atomic E-state index is 0.0755. The first-order chi connectivity index (χ1) is 14.3. The number of hydrogen-bond donors (Lipinski definition) is 0. The first-order valence-corrected chi connectivity index (χ1v) is 10.4. The Bertz CT molecular complexity index is 1070. The predicted octanol–water partition coefficient (Wildman–Crippen LogP) is 6.71. The van der Waals surface area contributed by atoms with Gasteiger partial charge in [-0.3, -0.25) is 9.59 Å². The van der Waals surface area contributed by atoms with Crippen LogP contribution in [0.25, 0.3) is 0 Å². The molecule has 0 aromatic heterocycles. The fourth-order valence-electron chi connectivity index (χ4n) is 3.25. The molecule has 0 aliphatic heterocycles. The minimum atomic E-state index is -0.524. The number of ether oxygens (including phenoxy) is 1. The molecular formula is C26H25ClO3. The highest BCUT2D eigenvalue weighted by Crippen LogP contribution is 2.33. The number of carbonyl (C=O) groups is 2. The first-order valence-electron chi connectivity index (χ1n) is 9.99. The van der Waals surface area contributed by atoms with Gasteiger partial charge < -0.3 is 4.74 Å². The van der Waals surface area contributed by atoms with Gasteiger partial charge in [-0.05, 0) is 54.7 Å². The minimum Gasteiger partial charge on any atom is -0.426 e. The quantitative estimate of drug-likeness (QED) is 0.253. The Balaban J connectivity index is 1.84. The van der Waals surface area contributed by atoms with Crippen LogP contribution in [0.3, 0.4) is 0 Å². The van der Waals surface area contributed by atoms with Crippen LogP contribution in [0.1, 0.15) is 65.2 Å². The van der Waals surface area contributed by atoms with Crippen LogP contribution in [0, 0.1) is 6.92 Å². The Morgan fingerprint density at radius 3 is 2.20 bits per heavy atom. The maximum Gasteiger partial charge on any atom is 0.318 e. The van der Waals surface area contributed by atoms with E-state index in [0.717, 1.165) is 16.7 Å². The van der Waals surface area contributed by atoms with Crippen molar-refractivity contribution in [2.75, 3.05) is 0 Å². The molecule has 1 atom stereocenters. The van der Waals surface area contributed by atoms with Crippen LogP contribution in [0.2, 0.25) is 5.02 Å². The average Bonchev–Trinajstić information content (AvgIpc) is 2.75. The smallest absolute Gasteiger partial charge is 0.318 e. The Kier molecular flexibility index (Phi) is 6.73. The number of halogens is 1. The van der Waals surface area contributed by atoms with Crippen molar-refractivity contribution in [1.82, 2.24) is 0 Å². The third kappa shape index (κ3) is 4.80. The molecule has 0 radical (unpaired) electrons. The lowest BCUT2D eigenvalue weighted by Crippen LogP contribution is -2.18. The fraction of sp³-hybridized carbons (Fsp3) is 0.231. The second kappa shape index (κ2) is 9.27. The van der Waals surface area contributed by atoms with Gasteiger partial charge in [0.2, 0.25) is 0 Å². The summed E-state index contributed by atoms with van der Waals surface area (Å²) in [4.78, 5) is 25.6. The molecule has 3 aromatic rings. The topological polar surface area (TPSA) is 43.4 Å². The Labute approximate surface area is 182 Å². The molecule has 30 heavy (non-hydrogen) atoms. The third-order valence-electron chi connectivity index (χ3n) is 5.16. The lowest BCUT2D eigenvalue weighted by molar-refractivity contribution is -0.135. The molecule has 4 heteroatoms. The Hall–Kier alpha value is -2.91. The average molecular weight is 421 g/mol. The summed E-state index contributed by atoms with van der Waals surface area (Å²) in [6, 6.07) is 19.9. The van der Waals surface area contributed by atoms with Crippen molar-refractivity contribution in [2.24, 2.45) is 0 Å². The number of rotatable bonds is 6. The zero-order valence-corrected chi connectivity index (χ0v) is 18.4. The normalized spacial score (nSPS) is 11.9. The summed E-state index contributed by atoms with van der Waals surface area (Å²) in [7, 11) is 0. The second-order valence-corrected chi connectivity index (χ2v) is 8.16. The molecule has 0 fully saturated rings. The molecule has 0 saturated carbocycles. The summed E-state index contributed by atoms with van der Waals surface area (Å²) in [6.45, 7) is 7.72. The molecule has 0 bridgehead atoms. The maximum atomic E-state index is 12.9. The number of carbonyl (C=O) groups excluding carboxylic acids is 2. The van der Waals surface area contributed by atoms with Gasteiger partial charge in [-0.25, -0.2) is 0 Å². The molecular weight excluding hydrogens is 396 g/mol. The molecule has 0 unspecified atom stereocenters. The van der Waals surface area contributed by atoms with E-state index >= 15 is 0 Å². The molecule has 0 aliphatic rings. The van der Waals surface area contributed by atoms with E-state index in [9.17, 15) is 9.59 Å². The molecule has 3 nitrogen and oxygen atoms in total. The summed E-state index contributed by atoms with van der Waals surface area (Å²) in [5.74, 6) is -0.283. The summed E-state index contributed by atoms with van der Waals surface area (Å²) in [5, 5.41) is 0.652. The van der Waals surface area contributed by atoms with Crippen molar-refractivity contribution in [3.05, 3.63) is 99.6 Å². The van der Waals surface area contributed by atoms with E-state index in [2.05, 4.69) is 0 Å². The number of benzene rings is 3. The molecule has 0 saturated heterocycles. The Morgan fingerprint density at radius 1 is 0.867 bits per heavy atom. The van der Waals surface area contributed by atoms with E-state index in [-0.39, 0.29) is 17.7 Å². The van der Waals surface area contributed by atoms with Crippen LogP contribution in [-0.4, -0.2) is 11.8 Å². The lowest BCUT2D eigenvalue weighted by atomic mass is 9.95. The van der Waals surface area contributed by atoms with Gasteiger partial charge in [-0.2, -0.15) is 0 Å². The summed E-state index contributed by atoms with van der Waals surface area (Å²) < 4.78 is 5.76. The van der Waals surface area contributed by atoms with E-state index in [1.54, 1.807) is 43.3 Å². The predicted molar refractivity (Wildman–Crippen MR) is 121 cm³/mol. The van der Waals surface area contributed by atoms with Crippen molar-refractivity contribution < 1.29 is 14.3 Å². The highest BCUT2D eigenvalue weighted by atomic mass is 35.5. The van der Waals surface area contributed by atoms with Gasteiger partial charge in [-0.15, -0.1) is 0 Å². The SMILES string of the molecule is Cc1cc(OC(=O)[C@H](C)c2cccc(C(=O)c3ccccc3)c2)c(C(C)C)cc1Cl. The van der Waals surface area contributed by atoms with Gasteiger partial charge in [0.1, 0.15) is 5.75 Å². The van der Waals surface area contributed by atoms with Crippen molar-refractivity contribution in [3.63, 3.8) is 0 Å². The fourth-order valence-corrected chi connectivity index (χ4v) is 3.42. The molecule has 154 valence electrons. The van der Waals surface area contributed by atoms with Gasteiger partial charge in [0, 0.05) is 16.1 Å². The zero-order chi connectivity index (χ0) is 21.8. The molecule has 3 rings (SSSR count). The number of esters is 1. The van der Waals surface area contributed by atoms with Crippen LogP contribution >= 0.6 is 11.6 Å². The van der Waals surface area contributed by atoms with Crippen molar-refractivity contribution >= 4 is 23.4 Å². The number of aryl methyl sites for hydroxylation is 1. The van der Waals surface area contributed by atoms with E-state index in [1.165, 1.54) is 0 Å². The Morgan fingerprint density at radius 2 is 1.53 bits per heavy atom. The van der Waals surface area contributed by atoms with Gasteiger partial charge >= 0.3 is 5.97 Å². The lowest BCUT2D eigenvalue weighted by Gasteiger charge is -2.17. The van der Waals surface area contributed by atoms with Crippen LogP contribution in [0.4, 0.5) is 0 Å². The highest BCUT2D eigenvalue weighted by molar-refractivity contribution is 6.31. The molecule has 0 amide bonds. The first kappa shape index (κ1) is 21.8. The molecule has 0 spiro atoms. The monoisotopic (exact) mass is 420 g/mol. The van der Waals surface area contributed by atoms with E-state index in [1.807, 2.05) is 51.1 Å². The number of ketones is 1. The highest BCUT2D eigenvalue weighted by Gasteiger charge is 2.21. The molecule has 0 aliphatic carbocycles. The van der Waals surface area contributed by atoms with Gasteiger partial charge in [0.25, 0.3) is 0 Å². The molecule has 3 aromatic carbocycles. The summed E-state index contributed by atoms with van der Waals surface area (Å²) in [6.07, 6.45) is 0. The van der Waals surface area contributed by atoms with E-state index in [4.69, 9.17) is 16.3 Å². The zero-order valence-electron chi connectivity index (χ0n) is 17.6. The molecule has 0 heterocycles. The largest absolute Gasteiger partial charge is 0.426 e. The van der Waals surface area contributed by atoms with Crippen molar-refractivity contribution in [1.29, 1.82) is 0 Å². The van der Waals surface area contributed by atoms with Crippen molar-refractivity contribution in [2.45, 2.75) is 39.5 Å². The van der Waals surface area contributed by atoms with Gasteiger partial charge in [-0.1, -0.05) is 74.0 Å². The van der Waals surface area contributed by atoms with Crippen LogP contribution < -0.4 is 4.74 Å². The van der Waals surface area contributed by atoms with Gasteiger partial charge in [0.05, 0.1) is 5.92 Å². The standard InChI is InChI=1S/C26H25ClO3/c1-16(2)22-15-23(27)17(3)13-24(22)30-26(29)18(4)20-11-8-12-21(14-20)25(28)19-9-6-5-7-10-19/h5-16,18H,1-4H3/t18-/m1/s1. The maximum absolute atomic E-state index is 12.9. The van der Waals surface area contributed by atoms with Gasteiger partial charge in [0.15, 0.2) is 5.78 Å².